The van der Waals surface area contributed by atoms with Crippen LogP contribution in [-0.4, -0.2) is 27.5 Å². The Labute approximate surface area is 119 Å². The molecule has 1 aliphatic heterocycles. The van der Waals surface area contributed by atoms with Crippen molar-refractivity contribution in [3.05, 3.63) is 29.8 Å². The highest BCUT2D eigenvalue weighted by molar-refractivity contribution is 7.89. The van der Waals surface area contributed by atoms with Gasteiger partial charge >= 0.3 is 0 Å². The SMILES string of the molecule is Cl.N#Cc1ccc(S(=O)(=O)NC2CCNCC2)cc1. The van der Waals surface area contributed by atoms with Gasteiger partial charge in [0.25, 0.3) is 0 Å². The molecule has 0 radical (unpaired) electrons. The van der Waals surface area contributed by atoms with Crippen LogP contribution in [0.2, 0.25) is 0 Å². The second-order valence-corrected chi connectivity index (χ2v) is 6.00. The van der Waals surface area contributed by atoms with Crippen LogP contribution in [0.15, 0.2) is 29.2 Å². The van der Waals surface area contributed by atoms with Gasteiger partial charge in [-0.1, -0.05) is 0 Å². The van der Waals surface area contributed by atoms with Crippen molar-refractivity contribution in [2.45, 2.75) is 23.8 Å². The third-order valence-corrected chi connectivity index (χ3v) is 4.49. The standard InChI is InChI=1S/C12H15N3O2S.ClH/c13-9-10-1-3-12(4-2-10)18(16,17)15-11-5-7-14-8-6-11;/h1-4,11,14-15H,5-8H2;1H. The van der Waals surface area contributed by atoms with Crippen LogP contribution in [-0.2, 0) is 10.0 Å². The van der Waals surface area contributed by atoms with E-state index in [-0.39, 0.29) is 23.3 Å². The highest BCUT2D eigenvalue weighted by Gasteiger charge is 2.21. The van der Waals surface area contributed by atoms with E-state index in [0.29, 0.717) is 5.56 Å². The van der Waals surface area contributed by atoms with E-state index in [1.807, 2.05) is 6.07 Å². The number of nitriles is 1. The van der Waals surface area contributed by atoms with Crippen molar-refractivity contribution in [2.24, 2.45) is 0 Å². The van der Waals surface area contributed by atoms with Crippen molar-refractivity contribution in [1.82, 2.24) is 10.0 Å². The predicted molar refractivity (Wildman–Crippen MR) is 74.6 cm³/mol. The van der Waals surface area contributed by atoms with Gasteiger partial charge in [0.2, 0.25) is 10.0 Å². The monoisotopic (exact) mass is 301 g/mol. The third kappa shape index (κ3) is 4.18. The number of sulfonamides is 1. The minimum Gasteiger partial charge on any atom is -0.317 e. The molecule has 2 N–H and O–H groups in total. The van der Waals surface area contributed by atoms with E-state index in [1.165, 1.54) is 24.3 Å². The molecule has 1 heterocycles. The molecule has 5 nitrogen and oxygen atoms in total. The van der Waals surface area contributed by atoms with Crippen LogP contribution < -0.4 is 10.0 Å². The van der Waals surface area contributed by atoms with Gasteiger partial charge in [-0.25, -0.2) is 13.1 Å². The molecule has 1 aromatic rings. The Bertz CT molecular complexity index is 545. The van der Waals surface area contributed by atoms with Gasteiger partial charge in [-0.15, -0.1) is 12.4 Å². The molecule has 104 valence electrons. The van der Waals surface area contributed by atoms with E-state index in [0.717, 1.165) is 25.9 Å². The normalized spacial score (nSPS) is 16.4. The summed E-state index contributed by atoms with van der Waals surface area (Å²) in [5.74, 6) is 0. The molecule has 1 saturated heterocycles. The largest absolute Gasteiger partial charge is 0.317 e. The Morgan fingerprint density at radius 3 is 2.32 bits per heavy atom. The molecule has 1 aromatic carbocycles. The number of rotatable bonds is 3. The summed E-state index contributed by atoms with van der Waals surface area (Å²) in [5, 5.41) is 11.9. The number of benzene rings is 1. The molecular weight excluding hydrogens is 286 g/mol. The predicted octanol–water partition coefficient (Wildman–Crippen LogP) is 1.01. The van der Waals surface area contributed by atoms with Crippen LogP contribution in [0.3, 0.4) is 0 Å². The van der Waals surface area contributed by atoms with Gasteiger partial charge in [0.1, 0.15) is 0 Å². The first-order chi connectivity index (χ1) is 8.62. The molecule has 1 aliphatic rings. The number of hydrogen-bond acceptors (Lipinski definition) is 4. The lowest BCUT2D eigenvalue weighted by atomic mass is 10.1. The number of nitrogens with one attached hydrogen (secondary N) is 2. The third-order valence-electron chi connectivity index (χ3n) is 2.95. The maximum absolute atomic E-state index is 12.1. The molecule has 0 spiro atoms. The Hall–Kier alpha value is -1.13. The quantitative estimate of drug-likeness (QED) is 0.873. The van der Waals surface area contributed by atoms with Crippen molar-refractivity contribution in [1.29, 1.82) is 5.26 Å². The molecular formula is C12H16ClN3O2S. The molecule has 0 atom stereocenters. The van der Waals surface area contributed by atoms with E-state index < -0.39 is 10.0 Å². The van der Waals surface area contributed by atoms with Crippen molar-refractivity contribution in [2.75, 3.05) is 13.1 Å². The summed E-state index contributed by atoms with van der Waals surface area (Å²) >= 11 is 0. The van der Waals surface area contributed by atoms with Crippen LogP contribution in [0, 0.1) is 11.3 Å². The van der Waals surface area contributed by atoms with Crippen molar-refractivity contribution in [3.8, 4) is 6.07 Å². The molecule has 19 heavy (non-hydrogen) atoms. The van der Waals surface area contributed by atoms with Gasteiger partial charge in [-0.2, -0.15) is 5.26 Å². The molecule has 1 fully saturated rings. The minimum absolute atomic E-state index is 0. The average Bonchev–Trinajstić information content (AvgIpc) is 2.39. The van der Waals surface area contributed by atoms with Gasteiger partial charge in [0.15, 0.2) is 0 Å². The number of piperidine rings is 1. The topological polar surface area (TPSA) is 82.0 Å². The summed E-state index contributed by atoms with van der Waals surface area (Å²) in [6.45, 7) is 1.67. The van der Waals surface area contributed by atoms with E-state index in [4.69, 9.17) is 5.26 Å². The Balaban J connectivity index is 0.00000180. The Kier molecular flexibility index (Phi) is 5.76. The van der Waals surface area contributed by atoms with Crippen LogP contribution in [0.4, 0.5) is 0 Å². The number of halogens is 1. The first-order valence-electron chi connectivity index (χ1n) is 5.85. The lowest BCUT2D eigenvalue weighted by Gasteiger charge is -2.23. The summed E-state index contributed by atoms with van der Waals surface area (Å²) < 4.78 is 26.9. The van der Waals surface area contributed by atoms with Crippen molar-refractivity contribution in [3.63, 3.8) is 0 Å². The summed E-state index contributed by atoms with van der Waals surface area (Å²) in [4.78, 5) is 0.208. The number of nitrogens with zero attached hydrogens (tertiary/aromatic N) is 1. The lowest BCUT2D eigenvalue weighted by Crippen LogP contribution is -2.42. The van der Waals surface area contributed by atoms with Gasteiger partial charge in [-0.05, 0) is 50.2 Å². The summed E-state index contributed by atoms with van der Waals surface area (Å²) in [6, 6.07) is 7.90. The van der Waals surface area contributed by atoms with E-state index in [9.17, 15) is 8.42 Å². The molecule has 0 saturated carbocycles. The molecule has 0 amide bonds. The Morgan fingerprint density at radius 2 is 1.79 bits per heavy atom. The maximum atomic E-state index is 12.1. The highest BCUT2D eigenvalue weighted by atomic mass is 35.5. The van der Waals surface area contributed by atoms with Gasteiger partial charge < -0.3 is 5.32 Å². The van der Waals surface area contributed by atoms with Gasteiger partial charge in [-0.3, -0.25) is 0 Å². The molecule has 0 aliphatic carbocycles. The van der Waals surface area contributed by atoms with Crippen molar-refractivity contribution < 1.29 is 8.42 Å². The van der Waals surface area contributed by atoms with Crippen molar-refractivity contribution >= 4 is 22.4 Å². The lowest BCUT2D eigenvalue weighted by molar-refractivity contribution is 0.427. The first-order valence-corrected chi connectivity index (χ1v) is 7.33. The van der Waals surface area contributed by atoms with Crippen LogP contribution >= 0.6 is 12.4 Å². The summed E-state index contributed by atoms with van der Waals surface area (Å²) in [6.07, 6.45) is 1.60. The average molecular weight is 302 g/mol. The zero-order valence-corrected chi connectivity index (χ0v) is 11.9. The molecule has 0 bridgehead atoms. The molecule has 7 heteroatoms. The number of hydrogen-bond donors (Lipinski definition) is 2. The zero-order valence-electron chi connectivity index (χ0n) is 10.3. The smallest absolute Gasteiger partial charge is 0.240 e. The highest BCUT2D eigenvalue weighted by Crippen LogP contribution is 2.13. The fourth-order valence-electron chi connectivity index (χ4n) is 1.94. The fourth-order valence-corrected chi connectivity index (χ4v) is 3.24. The molecule has 0 aromatic heterocycles. The van der Waals surface area contributed by atoms with E-state index in [2.05, 4.69) is 10.0 Å². The first kappa shape index (κ1) is 15.9. The van der Waals surface area contributed by atoms with Gasteiger partial charge in [0, 0.05) is 6.04 Å². The Morgan fingerprint density at radius 1 is 1.21 bits per heavy atom. The maximum Gasteiger partial charge on any atom is 0.240 e. The summed E-state index contributed by atoms with van der Waals surface area (Å²) in [5.41, 5.74) is 0.454. The second kappa shape index (κ2) is 6.87. The summed E-state index contributed by atoms with van der Waals surface area (Å²) in [7, 11) is -3.47. The van der Waals surface area contributed by atoms with E-state index in [1.54, 1.807) is 0 Å². The minimum atomic E-state index is -3.47. The second-order valence-electron chi connectivity index (χ2n) is 4.28. The molecule has 0 unspecified atom stereocenters. The molecule has 2 rings (SSSR count). The van der Waals surface area contributed by atoms with E-state index >= 15 is 0 Å². The zero-order chi connectivity index (χ0) is 13.0. The van der Waals surface area contributed by atoms with Crippen LogP contribution in [0.1, 0.15) is 18.4 Å². The fraction of sp³-hybridized carbons (Fsp3) is 0.417. The van der Waals surface area contributed by atoms with Crippen LogP contribution in [0.25, 0.3) is 0 Å². The van der Waals surface area contributed by atoms with Crippen LogP contribution in [0.5, 0.6) is 0 Å². The van der Waals surface area contributed by atoms with Gasteiger partial charge in [0.05, 0.1) is 16.5 Å².